The Balaban J connectivity index is 1.76. The summed E-state index contributed by atoms with van der Waals surface area (Å²) >= 11 is 0. The first kappa shape index (κ1) is 13.4. The van der Waals surface area contributed by atoms with Crippen molar-refractivity contribution in [3.8, 4) is 5.75 Å². The summed E-state index contributed by atoms with van der Waals surface area (Å²) in [6.07, 6.45) is 4.05. The number of rotatable bonds is 7. The number of benzene rings is 1. The molecule has 0 fully saturated rings. The van der Waals surface area contributed by atoms with Crippen LogP contribution in [0.4, 0.5) is 0 Å². The van der Waals surface area contributed by atoms with Crippen molar-refractivity contribution in [3.63, 3.8) is 0 Å². The van der Waals surface area contributed by atoms with Crippen LogP contribution in [0.15, 0.2) is 18.2 Å². The number of ether oxygens (including phenoxy) is 2. The Hall–Kier alpha value is -1.06. The molecule has 2 N–H and O–H groups in total. The van der Waals surface area contributed by atoms with E-state index in [1.807, 2.05) is 6.92 Å². The molecule has 100 valence electrons. The minimum atomic E-state index is 0.237. The molecule has 1 aliphatic heterocycles. The Morgan fingerprint density at radius 2 is 2.28 bits per heavy atom. The molecule has 1 heterocycles. The summed E-state index contributed by atoms with van der Waals surface area (Å²) < 4.78 is 10.8. The summed E-state index contributed by atoms with van der Waals surface area (Å²) in [4.78, 5) is 0. The van der Waals surface area contributed by atoms with Gasteiger partial charge in [0, 0.05) is 25.7 Å². The minimum absolute atomic E-state index is 0.237. The van der Waals surface area contributed by atoms with Crippen molar-refractivity contribution in [3.05, 3.63) is 29.3 Å². The van der Waals surface area contributed by atoms with E-state index in [4.69, 9.17) is 15.2 Å². The van der Waals surface area contributed by atoms with E-state index >= 15 is 0 Å². The minimum Gasteiger partial charge on any atom is -0.493 e. The molecule has 3 nitrogen and oxygen atoms in total. The molecule has 18 heavy (non-hydrogen) atoms. The highest BCUT2D eigenvalue weighted by atomic mass is 16.5. The van der Waals surface area contributed by atoms with Gasteiger partial charge in [0.25, 0.3) is 0 Å². The van der Waals surface area contributed by atoms with Crippen molar-refractivity contribution in [1.29, 1.82) is 0 Å². The van der Waals surface area contributed by atoms with Gasteiger partial charge in [-0.3, -0.25) is 0 Å². The van der Waals surface area contributed by atoms with E-state index in [9.17, 15) is 0 Å². The molecule has 1 aliphatic rings. The van der Waals surface area contributed by atoms with E-state index < -0.39 is 0 Å². The molecule has 0 aliphatic carbocycles. The van der Waals surface area contributed by atoms with Crippen molar-refractivity contribution in [2.45, 2.75) is 38.6 Å². The van der Waals surface area contributed by atoms with Crippen LogP contribution in [-0.4, -0.2) is 25.9 Å². The fourth-order valence-electron chi connectivity index (χ4n) is 2.27. The first-order valence-electron chi connectivity index (χ1n) is 6.87. The van der Waals surface area contributed by atoms with E-state index in [1.165, 1.54) is 11.1 Å². The summed E-state index contributed by atoms with van der Waals surface area (Å²) in [7, 11) is 0. The summed E-state index contributed by atoms with van der Waals surface area (Å²) in [5.41, 5.74) is 8.78. The third-order valence-corrected chi connectivity index (χ3v) is 3.39. The van der Waals surface area contributed by atoms with Crippen LogP contribution in [0.3, 0.4) is 0 Å². The highest BCUT2D eigenvalue weighted by Gasteiger charge is 2.12. The monoisotopic (exact) mass is 249 g/mol. The fraction of sp³-hybridized carbons (Fsp3) is 0.600. The quantitative estimate of drug-likeness (QED) is 0.754. The zero-order chi connectivity index (χ0) is 12.8. The average molecular weight is 249 g/mol. The lowest BCUT2D eigenvalue weighted by Crippen LogP contribution is -2.22. The highest BCUT2D eigenvalue weighted by Crippen LogP contribution is 2.26. The molecular weight excluding hydrogens is 226 g/mol. The summed E-state index contributed by atoms with van der Waals surface area (Å²) in [6.45, 7) is 4.39. The van der Waals surface area contributed by atoms with Crippen LogP contribution in [-0.2, 0) is 17.6 Å². The van der Waals surface area contributed by atoms with Crippen LogP contribution in [0.1, 0.15) is 30.9 Å². The van der Waals surface area contributed by atoms with E-state index in [1.54, 1.807) is 0 Å². The maximum Gasteiger partial charge on any atom is 0.122 e. The van der Waals surface area contributed by atoms with Crippen LogP contribution in [0.5, 0.6) is 5.75 Å². The standard InChI is InChI=1S/C15H23NO2/c1-2-17-9-8-14(16)5-3-12-4-6-15-13(11-12)7-10-18-15/h4,6,11,14H,2-3,5,7-10,16H2,1H3. The second-order valence-electron chi connectivity index (χ2n) is 4.82. The summed E-state index contributed by atoms with van der Waals surface area (Å²) in [6, 6.07) is 6.74. The van der Waals surface area contributed by atoms with Gasteiger partial charge in [-0.15, -0.1) is 0 Å². The molecule has 1 atom stereocenters. The molecule has 0 spiro atoms. The van der Waals surface area contributed by atoms with E-state index in [0.29, 0.717) is 0 Å². The summed E-state index contributed by atoms with van der Waals surface area (Å²) in [5.74, 6) is 1.05. The Morgan fingerprint density at radius 3 is 3.11 bits per heavy atom. The Labute approximate surface area is 109 Å². The third kappa shape index (κ3) is 3.72. The van der Waals surface area contributed by atoms with Gasteiger partial charge < -0.3 is 15.2 Å². The predicted octanol–water partition coefficient (Wildman–Crippen LogP) is 2.31. The SMILES string of the molecule is CCOCCC(N)CCc1ccc2c(c1)CCO2. The molecule has 0 aromatic heterocycles. The van der Waals surface area contributed by atoms with Crippen molar-refractivity contribution in [2.75, 3.05) is 19.8 Å². The lowest BCUT2D eigenvalue weighted by molar-refractivity contribution is 0.139. The molecule has 1 aromatic carbocycles. The molecule has 1 unspecified atom stereocenters. The van der Waals surface area contributed by atoms with Crippen LogP contribution >= 0.6 is 0 Å². The molecule has 0 saturated heterocycles. The Bertz CT molecular complexity index is 379. The molecule has 2 rings (SSSR count). The van der Waals surface area contributed by atoms with E-state index in [2.05, 4.69) is 18.2 Å². The normalized spacial score (nSPS) is 15.2. The molecule has 0 radical (unpaired) electrons. The van der Waals surface area contributed by atoms with Crippen LogP contribution in [0, 0.1) is 0 Å². The number of hydrogen-bond acceptors (Lipinski definition) is 3. The van der Waals surface area contributed by atoms with Gasteiger partial charge in [0.2, 0.25) is 0 Å². The second-order valence-corrected chi connectivity index (χ2v) is 4.82. The lowest BCUT2D eigenvalue weighted by Gasteiger charge is -2.11. The van der Waals surface area contributed by atoms with Gasteiger partial charge >= 0.3 is 0 Å². The van der Waals surface area contributed by atoms with Gasteiger partial charge in [0.05, 0.1) is 6.61 Å². The largest absolute Gasteiger partial charge is 0.493 e. The number of aryl methyl sites for hydroxylation is 1. The zero-order valence-electron chi connectivity index (χ0n) is 11.2. The molecule has 0 bridgehead atoms. The molecule has 0 saturated carbocycles. The number of hydrogen-bond donors (Lipinski definition) is 1. The second kappa shape index (κ2) is 6.76. The zero-order valence-corrected chi connectivity index (χ0v) is 11.2. The topological polar surface area (TPSA) is 44.5 Å². The van der Waals surface area contributed by atoms with Gasteiger partial charge in [-0.1, -0.05) is 12.1 Å². The van der Waals surface area contributed by atoms with Crippen molar-refractivity contribution in [1.82, 2.24) is 0 Å². The fourth-order valence-corrected chi connectivity index (χ4v) is 2.27. The van der Waals surface area contributed by atoms with Crippen LogP contribution in [0.2, 0.25) is 0 Å². The van der Waals surface area contributed by atoms with E-state index in [0.717, 1.165) is 51.3 Å². The maximum absolute atomic E-state index is 6.07. The van der Waals surface area contributed by atoms with Gasteiger partial charge in [-0.05, 0) is 43.4 Å². The summed E-state index contributed by atoms with van der Waals surface area (Å²) in [5, 5.41) is 0. The van der Waals surface area contributed by atoms with Gasteiger partial charge in [-0.2, -0.15) is 0 Å². The Morgan fingerprint density at radius 1 is 1.39 bits per heavy atom. The molecule has 0 amide bonds. The number of fused-ring (bicyclic) bond motifs is 1. The van der Waals surface area contributed by atoms with Gasteiger partial charge in [0.15, 0.2) is 0 Å². The average Bonchev–Trinajstić information content (AvgIpc) is 2.84. The van der Waals surface area contributed by atoms with E-state index in [-0.39, 0.29) is 6.04 Å². The van der Waals surface area contributed by atoms with Crippen molar-refractivity contribution in [2.24, 2.45) is 5.73 Å². The van der Waals surface area contributed by atoms with Crippen LogP contribution < -0.4 is 10.5 Å². The molecule has 3 heteroatoms. The van der Waals surface area contributed by atoms with Crippen molar-refractivity contribution >= 4 is 0 Å². The first-order chi connectivity index (χ1) is 8.79. The Kier molecular flexibility index (Phi) is 5.02. The van der Waals surface area contributed by atoms with Crippen molar-refractivity contribution < 1.29 is 9.47 Å². The van der Waals surface area contributed by atoms with Crippen LogP contribution in [0.25, 0.3) is 0 Å². The molecular formula is C15H23NO2. The third-order valence-electron chi connectivity index (χ3n) is 3.39. The lowest BCUT2D eigenvalue weighted by atomic mass is 10.0. The maximum atomic E-state index is 6.07. The smallest absolute Gasteiger partial charge is 0.122 e. The molecule has 1 aromatic rings. The van der Waals surface area contributed by atoms with Gasteiger partial charge in [-0.25, -0.2) is 0 Å². The first-order valence-corrected chi connectivity index (χ1v) is 6.87. The van der Waals surface area contributed by atoms with Gasteiger partial charge in [0.1, 0.15) is 5.75 Å². The highest BCUT2D eigenvalue weighted by molar-refractivity contribution is 5.39. The predicted molar refractivity (Wildman–Crippen MR) is 73.0 cm³/mol. The number of nitrogens with two attached hydrogens (primary N) is 1.